The molecule has 27 heavy (non-hydrogen) atoms. The Balaban J connectivity index is 1.67. The Kier molecular flexibility index (Phi) is 6.08. The zero-order valence-electron chi connectivity index (χ0n) is 15.6. The summed E-state index contributed by atoms with van der Waals surface area (Å²) in [5.74, 6) is 1.28. The average Bonchev–Trinajstić information content (AvgIpc) is 3.10. The minimum atomic E-state index is -0.0973. The predicted octanol–water partition coefficient (Wildman–Crippen LogP) is 4.11. The normalized spacial score (nSPS) is 10.5. The molecule has 1 aromatic heterocycles. The Bertz CT molecular complexity index is 922. The highest BCUT2D eigenvalue weighted by atomic mass is 32.1. The van der Waals surface area contributed by atoms with Gasteiger partial charge in [0.2, 0.25) is 0 Å². The van der Waals surface area contributed by atoms with Crippen LogP contribution in [0.2, 0.25) is 0 Å². The van der Waals surface area contributed by atoms with E-state index in [1.54, 1.807) is 14.2 Å². The first-order valence-electron chi connectivity index (χ1n) is 8.64. The highest BCUT2D eigenvalue weighted by molar-refractivity contribution is 7.14. The van der Waals surface area contributed by atoms with Crippen LogP contribution in [0.5, 0.6) is 11.5 Å². The topological polar surface area (TPSA) is 60.5 Å². The van der Waals surface area contributed by atoms with Crippen LogP contribution in [0.3, 0.4) is 0 Å². The van der Waals surface area contributed by atoms with E-state index in [0.717, 1.165) is 21.8 Å². The quantitative estimate of drug-likeness (QED) is 0.668. The summed E-state index contributed by atoms with van der Waals surface area (Å²) in [7, 11) is 3.22. The highest BCUT2D eigenvalue weighted by Crippen LogP contribution is 2.29. The molecule has 0 spiro atoms. The van der Waals surface area contributed by atoms with Gasteiger partial charge in [-0.15, -0.1) is 11.3 Å². The fraction of sp³-hybridized carbons (Fsp3) is 0.238. The molecule has 0 aliphatic rings. The summed E-state index contributed by atoms with van der Waals surface area (Å²) in [6.45, 7) is 2.44. The van der Waals surface area contributed by atoms with E-state index >= 15 is 0 Å². The molecule has 0 bridgehead atoms. The van der Waals surface area contributed by atoms with Gasteiger partial charge in [0.25, 0.3) is 5.91 Å². The summed E-state index contributed by atoms with van der Waals surface area (Å²) in [6, 6.07) is 15.5. The molecule has 3 aromatic rings. The van der Waals surface area contributed by atoms with Crippen molar-refractivity contribution in [3.8, 4) is 22.8 Å². The number of nitrogens with zero attached hydrogens (tertiary/aromatic N) is 1. The van der Waals surface area contributed by atoms with Gasteiger partial charge in [0.1, 0.15) is 4.88 Å². The largest absolute Gasteiger partial charge is 0.493 e. The van der Waals surface area contributed by atoms with Gasteiger partial charge < -0.3 is 14.8 Å². The molecule has 0 saturated carbocycles. The summed E-state index contributed by atoms with van der Waals surface area (Å²) in [6.07, 6.45) is 0.699. The molecule has 1 N–H and O–H groups in total. The Hall–Kier alpha value is -2.86. The molecule has 6 heteroatoms. The van der Waals surface area contributed by atoms with Gasteiger partial charge in [-0.3, -0.25) is 4.79 Å². The molecule has 2 aromatic carbocycles. The Morgan fingerprint density at radius 2 is 1.81 bits per heavy atom. The van der Waals surface area contributed by atoms with Crippen LogP contribution in [0.4, 0.5) is 0 Å². The summed E-state index contributed by atoms with van der Waals surface area (Å²) in [5.41, 5.74) is 2.75. The van der Waals surface area contributed by atoms with E-state index in [9.17, 15) is 4.79 Å². The van der Waals surface area contributed by atoms with Gasteiger partial charge in [-0.25, -0.2) is 4.98 Å². The van der Waals surface area contributed by atoms with E-state index in [0.29, 0.717) is 29.3 Å². The Morgan fingerprint density at radius 1 is 1.07 bits per heavy atom. The summed E-state index contributed by atoms with van der Waals surface area (Å²) >= 11 is 1.41. The van der Waals surface area contributed by atoms with E-state index in [2.05, 4.69) is 10.3 Å². The fourth-order valence-corrected chi connectivity index (χ4v) is 3.67. The number of nitrogens with one attached hydrogen (secondary N) is 1. The number of rotatable bonds is 7. The first-order chi connectivity index (χ1) is 13.1. The zero-order valence-corrected chi connectivity index (χ0v) is 16.4. The van der Waals surface area contributed by atoms with Crippen LogP contribution < -0.4 is 14.8 Å². The molecular weight excluding hydrogens is 360 g/mol. The van der Waals surface area contributed by atoms with Crippen LogP contribution in [0.15, 0.2) is 48.5 Å². The minimum absolute atomic E-state index is 0.0973. The van der Waals surface area contributed by atoms with Gasteiger partial charge >= 0.3 is 0 Å². The lowest BCUT2D eigenvalue weighted by Gasteiger charge is -2.10. The maximum absolute atomic E-state index is 12.7. The summed E-state index contributed by atoms with van der Waals surface area (Å²) in [5, 5.41) is 3.87. The number of thiazole rings is 1. The highest BCUT2D eigenvalue weighted by Gasteiger charge is 2.17. The summed E-state index contributed by atoms with van der Waals surface area (Å²) < 4.78 is 10.6. The first kappa shape index (κ1) is 18.9. The lowest BCUT2D eigenvalue weighted by molar-refractivity contribution is 0.0958. The number of amides is 1. The average molecular weight is 382 g/mol. The van der Waals surface area contributed by atoms with E-state index in [4.69, 9.17) is 9.47 Å². The number of benzene rings is 2. The maximum atomic E-state index is 12.7. The van der Waals surface area contributed by atoms with Crippen LogP contribution in [0, 0.1) is 6.92 Å². The van der Waals surface area contributed by atoms with Crippen LogP contribution in [-0.2, 0) is 6.42 Å². The van der Waals surface area contributed by atoms with Crippen molar-refractivity contribution in [1.82, 2.24) is 10.3 Å². The Morgan fingerprint density at radius 3 is 2.52 bits per heavy atom. The van der Waals surface area contributed by atoms with Gasteiger partial charge in [-0.05, 0) is 31.0 Å². The van der Waals surface area contributed by atoms with Crippen molar-refractivity contribution in [3.05, 3.63) is 64.0 Å². The molecule has 3 rings (SSSR count). The maximum Gasteiger partial charge on any atom is 0.263 e. The third kappa shape index (κ3) is 4.46. The smallest absolute Gasteiger partial charge is 0.263 e. The van der Waals surface area contributed by atoms with Crippen molar-refractivity contribution < 1.29 is 14.3 Å². The molecule has 0 aliphatic carbocycles. The third-order valence-corrected chi connectivity index (χ3v) is 5.10. The van der Waals surface area contributed by atoms with E-state index in [-0.39, 0.29) is 5.91 Å². The number of carbonyl (C=O) groups is 1. The SMILES string of the molecule is COc1ccc(CCNC(=O)c2sc(C)nc2-c2ccccc2)cc1OC. The molecule has 0 radical (unpaired) electrons. The van der Waals surface area contributed by atoms with Crippen LogP contribution >= 0.6 is 11.3 Å². The van der Waals surface area contributed by atoms with Crippen molar-refractivity contribution in [2.75, 3.05) is 20.8 Å². The first-order valence-corrected chi connectivity index (χ1v) is 9.46. The Labute approximate surface area is 163 Å². The van der Waals surface area contributed by atoms with Crippen molar-refractivity contribution in [3.63, 3.8) is 0 Å². The van der Waals surface area contributed by atoms with Crippen molar-refractivity contribution in [2.24, 2.45) is 0 Å². The number of hydrogen-bond donors (Lipinski definition) is 1. The molecule has 0 unspecified atom stereocenters. The molecule has 0 saturated heterocycles. The molecule has 140 valence electrons. The molecule has 0 atom stereocenters. The molecule has 0 aliphatic heterocycles. The van der Waals surface area contributed by atoms with E-state index in [1.807, 2.05) is 55.5 Å². The number of aromatic nitrogens is 1. The van der Waals surface area contributed by atoms with Gasteiger partial charge in [-0.1, -0.05) is 36.4 Å². The number of hydrogen-bond acceptors (Lipinski definition) is 5. The van der Waals surface area contributed by atoms with Gasteiger partial charge in [0, 0.05) is 12.1 Å². The lowest BCUT2D eigenvalue weighted by Crippen LogP contribution is -2.25. The predicted molar refractivity (Wildman–Crippen MR) is 108 cm³/mol. The zero-order chi connectivity index (χ0) is 19.2. The minimum Gasteiger partial charge on any atom is -0.493 e. The van der Waals surface area contributed by atoms with Gasteiger partial charge in [-0.2, -0.15) is 0 Å². The van der Waals surface area contributed by atoms with Gasteiger partial charge in [0.15, 0.2) is 11.5 Å². The molecular formula is C21H22N2O3S. The molecule has 1 heterocycles. The van der Waals surface area contributed by atoms with Crippen LogP contribution in [-0.4, -0.2) is 31.7 Å². The fourth-order valence-electron chi connectivity index (χ4n) is 2.81. The monoisotopic (exact) mass is 382 g/mol. The van der Waals surface area contributed by atoms with Crippen molar-refractivity contribution in [1.29, 1.82) is 0 Å². The second-order valence-electron chi connectivity index (χ2n) is 5.97. The summed E-state index contributed by atoms with van der Waals surface area (Å²) in [4.78, 5) is 17.9. The van der Waals surface area contributed by atoms with Crippen molar-refractivity contribution >= 4 is 17.2 Å². The van der Waals surface area contributed by atoms with Crippen molar-refractivity contribution in [2.45, 2.75) is 13.3 Å². The number of aryl methyl sites for hydroxylation is 1. The second-order valence-corrected chi connectivity index (χ2v) is 7.18. The number of carbonyl (C=O) groups excluding carboxylic acids is 1. The van der Waals surface area contributed by atoms with Gasteiger partial charge in [0.05, 0.1) is 24.9 Å². The lowest BCUT2D eigenvalue weighted by atomic mass is 10.1. The number of ether oxygens (including phenoxy) is 2. The molecule has 5 nitrogen and oxygen atoms in total. The molecule has 0 fully saturated rings. The number of methoxy groups -OCH3 is 2. The van der Waals surface area contributed by atoms with E-state index < -0.39 is 0 Å². The second kappa shape index (κ2) is 8.68. The van der Waals surface area contributed by atoms with E-state index in [1.165, 1.54) is 11.3 Å². The van der Waals surface area contributed by atoms with Crippen LogP contribution in [0.1, 0.15) is 20.2 Å². The third-order valence-electron chi connectivity index (χ3n) is 4.13. The van der Waals surface area contributed by atoms with Crippen LogP contribution in [0.25, 0.3) is 11.3 Å². The standard InChI is InChI=1S/C21H22N2O3S/c1-14-23-19(16-7-5-4-6-8-16)20(27-14)21(24)22-12-11-15-9-10-17(25-2)18(13-15)26-3/h4-10,13H,11-12H2,1-3H3,(H,22,24). The molecule has 1 amide bonds.